The molecule has 2 rings (SSSR count). The minimum Gasteiger partial charge on any atom is -0.384 e. The van der Waals surface area contributed by atoms with E-state index in [0.717, 1.165) is 37.3 Å². The third-order valence-electron chi connectivity index (χ3n) is 3.22. The van der Waals surface area contributed by atoms with Crippen LogP contribution in [0.2, 0.25) is 0 Å². The Morgan fingerprint density at radius 1 is 0.800 bits per heavy atom. The maximum absolute atomic E-state index is 12.1. The number of benzene rings is 1. The van der Waals surface area contributed by atoms with Crippen LogP contribution in [-0.4, -0.2) is 24.7 Å². The van der Waals surface area contributed by atoms with Crippen molar-refractivity contribution in [3.63, 3.8) is 0 Å². The molecule has 1 aromatic carbocycles. The fourth-order valence-electron chi connectivity index (χ4n) is 2.25. The molecule has 0 spiro atoms. The number of ketones is 2. The van der Waals surface area contributed by atoms with Crippen molar-refractivity contribution in [2.45, 2.75) is 26.7 Å². The van der Waals surface area contributed by atoms with Crippen LogP contribution in [0.3, 0.4) is 0 Å². The van der Waals surface area contributed by atoms with Crippen molar-refractivity contribution < 1.29 is 9.59 Å². The predicted octanol–water partition coefficient (Wildman–Crippen LogP) is 3.27. The summed E-state index contributed by atoms with van der Waals surface area (Å²) in [7, 11) is 0. The SMILES string of the molecule is CCCNc1ccc(NCCC)c2c1C(=O)C=CC2=O. The summed E-state index contributed by atoms with van der Waals surface area (Å²) in [6, 6.07) is 3.74. The Kier molecular flexibility index (Phi) is 4.56. The van der Waals surface area contributed by atoms with Gasteiger partial charge in [-0.2, -0.15) is 0 Å². The van der Waals surface area contributed by atoms with E-state index in [1.54, 1.807) is 0 Å². The summed E-state index contributed by atoms with van der Waals surface area (Å²) in [5.41, 5.74) is 2.47. The lowest BCUT2D eigenvalue weighted by molar-refractivity contribution is 0.0995. The van der Waals surface area contributed by atoms with E-state index in [1.165, 1.54) is 12.2 Å². The van der Waals surface area contributed by atoms with Crippen LogP contribution in [0, 0.1) is 0 Å². The largest absolute Gasteiger partial charge is 0.384 e. The molecule has 0 bridgehead atoms. The fourth-order valence-corrected chi connectivity index (χ4v) is 2.25. The number of hydrogen-bond donors (Lipinski definition) is 2. The van der Waals surface area contributed by atoms with Gasteiger partial charge in [-0.15, -0.1) is 0 Å². The Balaban J connectivity index is 2.48. The molecular formula is C16H20N2O2. The quantitative estimate of drug-likeness (QED) is 0.834. The van der Waals surface area contributed by atoms with Gasteiger partial charge < -0.3 is 10.6 Å². The molecule has 0 saturated carbocycles. The van der Waals surface area contributed by atoms with E-state index in [4.69, 9.17) is 0 Å². The zero-order chi connectivity index (χ0) is 14.5. The Labute approximate surface area is 119 Å². The summed E-state index contributed by atoms with van der Waals surface area (Å²) in [5.74, 6) is -0.225. The average Bonchev–Trinajstić information content (AvgIpc) is 2.46. The first-order valence-corrected chi connectivity index (χ1v) is 7.10. The molecule has 0 amide bonds. The lowest BCUT2D eigenvalue weighted by Gasteiger charge is -2.19. The number of hydrogen-bond acceptors (Lipinski definition) is 4. The number of fused-ring (bicyclic) bond motifs is 1. The van der Waals surface area contributed by atoms with Crippen LogP contribution >= 0.6 is 0 Å². The molecule has 4 nitrogen and oxygen atoms in total. The average molecular weight is 272 g/mol. The van der Waals surface area contributed by atoms with Gasteiger partial charge in [0, 0.05) is 24.5 Å². The lowest BCUT2D eigenvalue weighted by Crippen LogP contribution is -2.18. The Hall–Kier alpha value is -2.10. The summed E-state index contributed by atoms with van der Waals surface area (Å²) in [5, 5.41) is 6.44. The van der Waals surface area contributed by atoms with Gasteiger partial charge in [-0.3, -0.25) is 9.59 Å². The standard InChI is InChI=1S/C16H20N2O2/c1-3-9-17-11-5-6-12(18-10-4-2)16-14(20)8-7-13(19)15(11)16/h5-8,17-18H,3-4,9-10H2,1-2H3. The van der Waals surface area contributed by atoms with E-state index >= 15 is 0 Å². The van der Waals surface area contributed by atoms with Crippen molar-refractivity contribution in [2.24, 2.45) is 0 Å². The van der Waals surface area contributed by atoms with Crippen LogP contribution in [-0.2, 0) is 0 Å². The first-order valence-electron chi connectivity index (χ1n) is 7.10. The number of carbonyl (C=O) groups excluding carboxylic acids is 2. The molecule has 20 heavy (non-hydrogen) atoms. The third-order valence-corrected chi connectivity index (χ3v) is 3.22. The van der Waals surface area contributed by atoms with Crippen LogP contribution in [0.5, 0.6) is 0 Å². The van der Waals surface area contributed by atoms with Gasteiger partial charge in [0.15, 0.2) is 11.6 Å². The number of anilines is 2. The van der Waals surface area contributed by atoms with E-state index in [9.17, 15) is 9.59 Å². The maximum atomic E-state index is 12.1. The first kappa shape index (κ1) is 14.3. The van der Waals surface area contributed by atoms with Crippen LogP contribution in [0.4, 0.5) is 11.4 Å². The zero-order valence-electron chi connectivity index (χ0n) is 12.0. The minimum absolute atomic E-state index is 0.113. The van der Waals surface area contributed by atoms with Gasteiger partial charge in [0.25, 0.3) is 0 Å². The van der Waals surface area contributed by atoms with E-state index in [-0.39, 0.29) is 11.6 Å². The molecule has 0 saturated heterocycles. The molecule has 0 radical (unpaired) electrons. The summed E-state index contributed by atoms with van der Waals surface area (Å²) in [4.78, 5) is 24.3. The van der Waals surface area contributed by atoms with Gasteiger partial charge in [0.1, 0.15) is 0 Å². The summed E-state index contributed by atoms with van der Waals surface area (Å²) in [6.45, 7) is 5.67. The number of allylic oxidation sites excluding steroid dienone is 2. The van der Waals surface area contributed by atoms with Crippen molar-refractivity contribution in [3.05, 3.63) is 35.4 Å². The molecule has 4 heteroatoms. The molecule has 0 fully saturated rings. The van der Waals surface area contributed by atoms with Gasteiger partial charge >= 0.3 is 0 Å². The molecule has 0 aromatic heterocycles. The molecule has 1 aliphatic rings. The number of carbonyl (C=O) groups is 2. The highest BCUT2D eigenvalue weighted by molar-refractivity contribution is 6.26. The van der Waals surface area contributed by atoms with Crippen LogP contribution in [0.15, 0.2) is 24.3 Å². The lowest BCUT2D eigenvalue weighted by atomic mass is 9.91. The monoisotopic (exact) mass is 272 g/mol. The van der Waals surface area contributed by atoms with Crippen molar-refractivity contribution in [3.8, 4) is 0 Å². The van der Waals surface area contributed by atoms with E-state index in [0.29, 0.717) is 11.1 Å². The topological polar surface area (TPSA) is 58.2 Å². The zero-order valence-corrected chi connectivity index (χ0v) is 12.0. The summed E-state index contributed by atoms with van der Waals surface area (Å²) >= 11 is 0. The Morgan fingerprint density at radius 2 is 1.20 bits per heavy atom. The second-order valence-electron chi connectivity index (χ2n) is 4.83. The van der Waals surface area contributed by atoms with Crippen LogP contribution in [0.1, 0.15) is 47.4 Å². The molecule has 106 valence electrons. The molecule has 2 N–H and O–H groups in total. The van der Waals surface area contributed by atoms with Gasteiger partial charge in [-0.1, -0.05) is 13.8 Å². The summed E-state index contributed by atoms with van der Waals surface area (Å²) < 4.78 is 0. The molecule has 0 aliphatic heterocycles. The van der Waals surface area contributed by atoms with E-state index < -0.39 is 0 Å². The van der Waals surface area contributed by atoms with Gasteiger partial charge in [0.2, 0.25) is 0 Å². The van der Waals surface area contributed by atoms with E-state index in [2.05, 4.69) is 24.5 Å². The molecule has 0 heterocycles. The second-order valence-corrected chi connectivity index (χ2v) is 4.83. The first-order chi connectivity index (χ1) is 9.69. The highest BCUT2D eigenvalue weighted by Gasteiger charge is 2.25. The second kappa shape index (κ2) is 6.37. The Morgan fingerprint density at radius 3 is 1.55 bits per heavy atom. The minimum atomic E-state index is -0.113. The van der Waals surface area contributed by atoms with Crippen LogP contribution in [0.25, 0.3) is 0 Å². The van der Waals surface area contributed by atoms with Crippen molar-refractivity contribution >= 4 is 22.9 Å². The fraction of sp³-hybridized carbons (Fsp3) is 0.375. The van der Waals surface area contributed by atoms with Gasteiger partial charge in [-0.25, -0.2) is 0 Å². The van der Waals surface area contributed by atoms with Crippen molar-refractivity contribution in [1.82, 2.24) is 0 Å². The highest BCUT2D eigenvalue weighted by Crippen LogP contribution is 2.31. The third kappa shape index (κ3) is 2.74. The number of rotatable bonds is 6. The maximum Gasteiger partial charge on any atom is 0.188 e. The smallest absolute Gasteiger partial charge is 0.188 e. The van der Waals surface area contributed by atoms with Crippen LogP contribution < -0.4 is 10.6 Å². The van der Waals surface area contributed by atoms with Crippen molar-refractivity contribution in [1.29, 1.82) is 0 Å². The number of nitrogens with one attached hydrogen (secondary N) is 2. The molecular weight excluding hydrogens is 252 g/mol. The molecule has 1 aliphatic carbocycles. The normalized spacial score (nSPS) is 13.3. The highest BCUT2D eigenvalue weighted by atomic mass is 16.1. The molecule has 0 atom stereocenters. The molecule has 0 unspecified atom stereocenters. The molecule has 1 aromatic rings. The summed E-state index contributed by atoms with van der Waals surface area (Å²) in [6.07, 6.45) is 4.63. The van der Waals surface area contributed by atoms with Gasteiger partial charge in [0.05, 0.1) is 11.1 Å². The van der Waals surface area contributed by atoms with Gasteiger partial charge in [-0.05, 0) is 37.1 Å². The van der Waals surface area contributed by atoms with Crippen molar-refractivity contribution in [2.75, 3.05) is 23.7 Å². The predicted molar refractivity (Wildman–Crippen MR) is 81.8 cm³/mol. The Bertz CT molecular complexity index is 513. The van der Waals surface area contributed by atoms with E-state index in [1.807, 2.05) is 12.1 Å².